The van der Waals surface area contributed by atoms with E-state index in [1.165, 1.54) is 0 Å². The summed E-state index contributed by atoms with van der Waals surface area (Å²) in [6, 6.07) is 14.7. The van der Waals surface area contributed by atoms with E-state index in [-0.39, 0.29) is 30.6 Å². The minimum absolute atomic E-state index is 0.0414. The number of para-hydroxylation sites is 1. The van der Waals surface area contributed by atoms with Crippen molar-refractivity contribution in [3.63, 3.8) is 0 Å². The molecule has 6 nitrogen and oxygen atoms in total. The molecule has 158 valence electrons. The molecule has 2 aromatic carbocycles. The monoisotopic (exact) mass is 445 g/mol. The molecule has 0 saturated heterocycles. The minimum Gasteiger partial charge on any atom is -0.356 e. The summed E-state index contributed by atoms with van der Waals surface area (Å²) in [6.45, 7) is 1.05. The largest absolute Gasteiger partial charge is 0.356 e. The van der Waals surface area contributed by atoms with Crippen molar-refractivity contribution in [3.05, 3.63) is 53.6 Å². The van der Waals surface area contributed by atoms with Crippen LogP contribution in [0.3, 0.4) is 0 Å². The lowest BCUT2D eigenvalue weighted by Crippen LogP contribution is -2.36. The SMILES string of the molecule is O=C(CCC(=O)N1CCSc2ccccc21)NCCCC(=O)Nc1ccc(Cl)cc1. The maximum Gasteiger partial charge on any atom is 0.227 e. The Bertz CT molecular complexity index is 905. The highest BCUT2D eigenvalue weighted by Gasteiger charge is 2.22. The fourth-order valence-corrected chi connectivity index (χ4v) is 4.23. The van der Waals surface area contributed by atoms with Gasteiger partial charge in [0, 0.05) is 53.7 Å². The third kappa shape index (κ3) is 6.50. The van der Waals surface area contributed by atoms with E-state index >= 15 is 0 Å². The van der Waals surface area contributed by atoms with Gasteiger partial charge in [-0.1, -0.05) is 23.7 Å². The summed E-state index contributed by atoms with van der Waals surface area (Å²) in [4.78, 5) is 39.4. The number of nitrogens with zero attached hydrogens (tertiary/aromatic N) is 1. The van der Waals surface area contributed by atoms with E-state index in [1.54, 1.807) is 40.9 Å². The molecule has 0 spiro atoms. The zero-order valence-corrected chi connectivity index (χ0v) is 18.1. The molecule has 3 rings (SSSR count). The van der Waals surface area contributed by atoms with E-state index in [9.17, 15) is 14.4 Å². The number of hydrogen-bond donors (Lipinski definition) is 2. The van der Waals surface area contributed by atoms with Gasteiger partial charge in [-0.05, 0) is 42.8 Å². The molecule has 0 fully saturated rings. The fourth-order valence-electron chi connectivity index (χ4n) is 3.11. The summed E-state index contributed by atoms with van der Waals surface area (Å²) in [5.41, 5.74) is 1.61. The average Bonchev–Trinajstić information content (AvgIpc) is 2.76. The molecular formula is C22H24ClN3O3S. The number of carbonyl (C=O) groups excluding carboxylic acids is 3. The molecule has 0 radical (unpaired) electrons. The summed E-state index contributed by atoms with van der Waals surface area (Å²) < 4.78 is 0. The standard InChI is InChI=1S/C22H24ClN3O3S/c23-16-7-9-17(10-8-16)25-21(28)6-3-13-24-20(27)11-12-22(29)26-14-15-30-19-5-2-1-4-18(19)26/h1-2,4-5,7-10H,3,6,11-15H2,(H,24,27)(H,25,28). The van der Waals surface area contributed by atoms with Crippen LogP contribution in [0.2, 0.25) is 5.02 Å². The Morgan fingerprint density at radius 2 is 1.73 bits per heavy atom. The first-order valence-electron chi connectivity index (χ1n) is 9.87. The Morgan fingerprint density at radius 3 is 2.53 bits per heavy atom. The van der Waals surface area contributed by atoms with Gasteiger partial charge in [-0.3, -0.25) is 14.4 Å². The number of amides is 3. The molecule has 0 atom stereocenters. The Hall–Kier alpha value is -2.51. The van der Waals surface area contributed by atoms with Crippen molar-refractivity contribution in [2.45, 2.75) is 30.6 Å². The Kier molecular flexibility index (Phi) is 8.16. The van der Waals surface area contributed by atoms with Gasteiger partial charge in [0.1, 0.15) is 0 Å². The van der Waals surface area contributed by atoms with Crippen LogP contribution in [0.15, 0.2) is 53.4 Å². The van der Waals surface area contributed by atoms with Crippen LogP contribution < -0.4 is 15.5 Å². The molecule has 0 aliphatic carbocycles. The smallest absolute Gasteiger partial charge is 0.227 e. The van der Waals surface area contributed by atoms with Crippen LogP contribution in [-0.4, -0.2) is 36.6 Å². The zero-order chi connectivity index (χ0) is 21.3. The Balaban J connectivity index is 1.33. The molecule has 2 N–H and O–H groups in total. The summed E-state index contributed by atoms with van der Waals surface area (Å²) >= 11 is 7.55. The molecule has 0 bridgehead atoms. The Labute approximate surface area is 185 Å². The van der Waals surface area contributed by atoms with Crippen molar-refractivity contribution in [2.75, 3.05) is 29.1 Å². The maximum absolute atomic E-state index is 12.6. The van der Waals surface area contributed by atoms with Crippen LogP contribution >= 0.6 is 23.4 Å². The van der Waals surface area contributed by atoms with Crippen molar-refractivity contribution in [3.8, 4) is 0 Å². The number of fused-ring (bicyclic) bond motifs is 1. The van der Waals surface area contributed by atoms with Crippen LogP contribution in [0.1, 0.15) is 25.7 Å². The van der Waals surface area contributed by atoms with Crippen LogP contribution in [0.5, 0.6) is 0 Å². The molecule has 8 heteroatoms. The lowest BCUT2D eigenvalue weighted by atomic mass is 10.2. The topological polar surface area (TPSA) is 78.5 Å². The van der Waals surface area contributed by atoms with Gasteiger partial charge in [0.2, 0.25) is 17.7 Å². The van der Waals surface area contributed by atoms with Crippen LogP contribution in [0.4, 0.5) is 11.4 Å². The second kappa shape index (κ2) is 11.0. The fraction of sp³-hybridized carbons (Fsp3) is 0.318. The number of benzene rings is 2. The highest BCUT2D eigenvalue weighted by molar-refractivity contribution is 7.99. The summed E-state index contributed by atoms with van der Waals surface area (Å²) in [5, 5.41) is 6.16. The number of nitrogens with one attached hydrogen (secondary N) is 2. The van der Waals surface area contributed by atoms with Gasteiger partial charge >= 0.3 is 0 Å². The first-order valence-corrected chi connectivity index (χ1v) is 11.2. The van der Waals surface area contributed by atoms with E-state index in [0.29, 0.717) is 36.6 Å². The van der Waals surface area contributed by atoms with Crippen molar-refractivity contribution in [1.29, 1.82) is 0 Å². The quantitative estimate of drug-likeness (QED) is 0.600. The molecule has 1 aliphatic rings. The lowest BCUT2D eigenvalue weighted by Gasteiger charge is -2.29. The van der Waals surface area contributed by atoms with Crippen molar-refractivity contribution in [1.82, 2.24) is 5.32 Å². The molecule has 0 unspecified atom stereocenters. The van der Waals surface area contributed by atoms with E-state index in [2.05, 4.69) is 10.6 Å². The van der Waals surface area contributed by atoms with Crippen molar-refractivity contribution < 1.29 is 14.4 Å². The second-order valence-corrected chi connectivity index (χ2v) is 8.44. The molecule has 1 heterocycles. The molecule has 2 aromatic rings. The predicted octanol–water partition coefficient (Wildman–Crippen LogP) is 4.09. The maximum atomic E-state index is 12.6. The van der Waals surface area contributed by atoms with E-state index in [1.807, 2.05) is 24.3 Å². The normalized spacial score (nSPS) is 12.8. The average molecular weight is 446 g/mol. The number of hydrogen-bond acceptors (Lipinski definition) is 4. The number of carbonyl (C=O) groups is 3. The van der Waals surface area contributed by atoms with Gasteiger partial charge in [0.25, 0.3) is 0 Å². The van der Waals surface area contributed by atoms with Crippen molar-refractivity contribution in [2.24, 2.45) is 0 Å². The number of thioether (sulfide) groups is 1. The van der Waals surface area contributed by atoms with Gasteiger partial charge in [-0.2, -0.15) is 0 Å². The first-order chi connectivity index (χ1) is 14.5. The van der Waals surface area contributed by atoms with Gasteiger partial charge in [-0.25, -0.2) is 0 Å². The molecule has 30 heavy (non-hydrogen) atoms. The van der Waals surface area contributed by atoms with Gasteiger partial charge in [-0.15, -0.1) is 11.8 Å². The van der Waals surface area contributed by atoms with E-state index in [4.69, 9.17) is 11.6 Å². The highest BCUT2D eigenvalue weighted by Crippen LogP contribution is 2.34. The zero-order valence-electron chi connectivity index (χ0n) is 16.5. The van der Waals surface area contributed by atoms with Gasteiger partial charge in [0.15, 0.2) is 0 Å². The predicted molar refractivity (Wildman–Crippen MR) is 121 cm³/mol. The number of halogens is 1. The molecule has 0 aromatic heterocycles. The van der Waals surface area contributed by atoms with Crippen molar-refractivity contribution >= 4 is 52.5 Å². The summed E-state index contributed by atoms with van der Waals surface area (Å²) in [5.74, 6) is 0.511. The van der Waals surface area contributed by atoms with Crippen LogP contribution in [-0.2, 0) is 14.4 Å². The Morgan fingerprint density at radius 1 is 0.967 bits per heavy atom. The van der Waals surface area contributed by atoms with Gasteiger partial charge in [0.05, 0.1) is 5.69 Å². The van der Waals surface area contributed by atoms with Crippen LogP contribution in [0, 0.1) is 0 Å². The lowest BCUT2D eigenvalue weighted by molar-refractivity contribution is -0.125. The number of rotatable bonds is 8. The number of anilines is 2. The minimum atomic E-state index is -0.180. The van der Waals surface area contributed by atoms with Crippen LogP contribution in [0.25, 0.3) is 0 Å². The third-order valence-electron chi connectivity index (χ3n) is 4.63. The molecule has 0 saturated carbocycles. The van der Waals surface area contributed by atoms with E-state index in [0.717, 1.165) is 16.3 Å². The van der Waals surface area contributed by atoms with Gasteiger partial charge < -0.3 is 15.5 Å². The summed E-state index contributed by atoms with van der Waals surface area (Å²) in [7, 11) is 0. The third-order valence-corrected chi connectivity index (χ3v) is 5.92. The van der Waals surface area contributed by atoms with E-state index < -0.39 is 0 Å². The highest BCUT2D eigenvalue weighted by atomic mass is 35.5. The first kappa shape index (κ1) is 22.2. The second-order valence-electron chi connectivity index (χ2n) is 6.87. The summed E-state index contributed by atoms with van der Waals surface area (Å²) in [6.07, 6.45) is 1.13. The molecular weight excluding hydrogens is 422 g/mol. The molecule has 3 amide bonds. The molecule has 1 aliphatic heterocycles.